The molecule has 0 spiro atoms. The Kier molecular flexibility index (Phi) is 4.91. The third kappa shape index (κ3) is 3.46. The fraction of sp³-hybridized carbons (Fsp3) is 0.250. The van der Waals surface area contributed by atoms with Crippen molar-refractivity contribution in [2.24, 2.45) is 10.7 Å². The maximum Gasteiger partial charge on any atom is 0.210 e. The van der Waals surface area contributed by atoms with Gasteiger partial charge in [-0.1, -0.05) is 0 Å². The number of hydrogen-bond acceptors (Lipinski definition) is 5. The predicted octanol–water partition coefficient (Wildman–Crippen LogP) is 2.70. The summed E-state index contributed by atoms with van der Waals surface area (Å²) in [6, 6.07) is 11.2. The highest BCUT2D eigenvalue weighted by Gasteiger charge is 2.46. The van der Waals surface area contributed by atoms with Crippen molar-refractivity contribution in [1.82, 2.24) is 4.90 Å². The number of rotatable bonds is 2. The Balaban J connectivity index is 2.09. The number of halogens is 1. The second-order valence-corrected chi connectivity index (χ2v) is 6.88. The van der Waals surface area contributed by atoms with Gasteiger partial charge in [-0.05, 0) is 56.3 Å². The molecular weight excluding hydrogens is 361 g/mol. The molecule has 0 bridgehead atoms. The van der Waals surface area contributed by atoms with E-state index < -0.39 is 23.6 Å². The highest BCUT2D eigenvalue weighted by Crippen LogP contribution is 2.43. The molecule has 3 N–H and O–H groups in total. The quantitative estimate of drug-likeness (QED) is 0.358. The number of nitriles is 2. The summed E-state index contributed by atoms with van der Waals surface area (Å²) in [5, 5.41) is 29.9. The minimum absolute atomic E-state index is 0.177. The van der Waals surface area contributed by atoms with Gasteiger partial charge in [0.05, 0.1) is 17.3 Å². The maximum absolute atomic E-state index is 13.1. The van der Waals surface area contributed by atoms with Crippen molar-refractivity contribution in [2.45, 2.75) is 31.6 Å². The van der Waals surface area contributed by atoms with Crippen LogP contribution in [0.15, 0.2) is 47.5 Å². The zero-order valence-corrected chi connectivity index (χ0v) is 15.3. The summed E-state index contributed by atoms with van der Waals surface area (Å²) < 4.78 is 18.9. The minimum Gasteiger partial charge on any atom is -0.485 e. The minimum atomic E-state index is -1.14. The van der Waals surface area contributed by atoms with E-state index in [1.807, 2.05) is 12.3 Å². The number of aliphatic hydroxyl groups excluding tert-OH is 1. The van der Waals surface area contributed by atoms with Gasteiger partial charge in [-0.25, -0.2) is 14.3 Å². The molecule has 0 fully saturated rings. The first kappa shape index (κ1) is 19.2. The summed E-state index contributed by atoms with van der Waals surface area (Å²) in [4.78, 5) is 5.23. The van der Waals surface area contributed by atoms with Crippen LogP contribution in [0.3, 0.4) is 0 Å². The molecule has 0 unspecified atom stereocenters. The van der Waals surface area contributed by atoms with Crippen LogP contribution in [0.5, 0.6) is 5.75 Å². The molecule has 0 radical (unpaired) electrons. The standard InChI is InChI=1S/C20H18FN5O2/c1-20(2)18(27)17(15-9-12(10-22)3-8-16(15)28-20)26(11-23)19(24)25-14-6-4-13(21)5-7-14/h3-9,17-18,27H,1-2H3,(H2,24,25)/t17-,18+/m0/s1. The van der Waals surface area contributed by atoms with E-state index in [9.17, 15) is 20.0 Å². The Morgan fingerprint density at radius 1 is 1.25 bits per heavy atom. The number of benzene rings is 2. The Morgan fingerprint density at radius 2 is 1.93 bits per heavy atom. The third-order valence-electron chi connectivity index (χ3n) is 4.54. The zero-order valence-electron chi connectivity index (χ0n) is 15.3. The molecule has 0 aromatic heterocycles. The van der Waals surface area contributed by atoms with Gasteiger partial charge < -0.3 is 15.6 Å². The largest absolute Gasteiger partial charge is 0.485 e. The first-order chi connectivity index (χ1) is 13.3. The van der Waals surface area contributed by atoms with Gasteiger partial charge in [0, 0.05) is 5.56 Å². The van der Waals surface area contributed by atoms with Crippen molar-refractivity contribution in [2.75, 3.05) is 0 Å². The van der Waals surface area contributed by atoms with E-state index in [1.165, 1.54) is 24.3 Å². The van der Waals surface area contributed by atoms with Crippen LogP contribution >= 0.6 is 0 Å². The molecule has 2 atom stereocenters. The molecular formula is C20H18FN5O2. The van der Waals surface area contributed by atoms with E-state index in [0.29, 0.717) is 22.6 Å². The van der Waals surface area contributed by atoms with Gasteiger partial charge in [0.15, 0.2) is 6.19 Å². The normalized spacial score (nSPS) is 20.3. The number of nitrogens with zero attached hydrogens (tertiary/aromatic N) is 4. The van der Waals surface area contributed by atoms with Crippen molar-refractivity contribution >= 4 is 11.6 Å². The second kappa shape index (κ2) is 7.18. The Bertz CT molecular complexity index is 1000. The van der Waals surface area contributed by atoms with Crippen LogP contribution in [-0.2, 0) is 0 Å². The molecule has 142 valence electrons. The van der Waals surface area contributed by atoms with Crippen LogP contribution < -0.4 is 10.5 Å². The van der Waals surface area contributed by atoms with E-state index in [0.717, 1.165) is 4.90 Å². The van der Waals surface area contributed by atoms with Crippen LogP contribution in [0.25, 0.3) is 0 Å². The van der Waals surface area contributed by atoms with E-state index >= 15 is 0 Å². The van der Waals surface area contributed by atoms with Crippen LogP contribution in [0.1, 0.15) is 31.0 Å². The maximum atomic E-state index is 13.1. The van der Waals surface area contributed by atoms with E-state index in [1.54, 1.807) is 32.0 Å². The lowest BCUT2D eigenvalue weighted by Crippen LogP contribution is -2.54. The predicted molar refractivity (Wildman–Crippen MR) is 99.7 cm³/mol. The molecule has 8 heteroatoms. The molecule has 2 aromatic rings. The van der Waals surface area contributed by atoms with Crippen molar-refractivity contribution in [3.05, 3.63) is 59.4 Å². The van der Waals surface area contributed by atoms with E-state index in [2.05, 4.69) is 4.99 Å². The SMILES string of the molecule is CC1(C)Oc2ccc(C#N)cc2[C@H](N(C#N)C(N)=Nc2ccc(F)cc2)[C@H]1O. The Morgan fingerprint density at radius 3 is 2.54 bits per heavy atom. The van der Waals surface area contributed by atoms with Crippen LogP contribution in [-0.4, -0.2) is 27.7 Å². The Labute approximate surface area is 161 Å². The number of hydrogen-bond donors (Lipinski definition) is 2. The summed E-state index contributed by atoms with van der Waals surface area (Å²) >= 11 is 0. The van der Waals surface area contributed by atoms with Crippen LogP contribution in [0.4, 0.5) is 10.1 Å². The first-order valence-electron chi connectivity index (χ1n) is 8.46. The lowest BCUT2D eigenvalue weighted by molar-refractivity contribution is -0.0751. The van der Waals surface area contributed by atoms with Gasteiger partial charge in [-0.2, -0.15) is 10.5 Å². The molecule has 7 nitrogen and oxygen atoms in total. The smallest absolute Gasteiger partial charge is 0.210 e. The van der Waals surface area contributed by atoms with Gasteiger partial charge in [0.2, 0.25) is 5.96 Å². The van der Waals surface area contributed by atoms with Crippen molar-refractivity contribution in [1.29, 1.82) is 10.5 Å². The highest BCUT2D eigenvalue weighted by atomic mass is 19.1. The fourth-order valence-corrected chi connectivity index (χ4v) is 3.07. The third-order valence-corrected chi connectivity index (χ3v) is 4.54. The summed E-state index contributed by atoms with van der Waals surface area (Å²) in [5.41, 5.74) is 6.19. The van der Waals surface area contributed by atoms with Crippen LogP contribution in [0.2, 0.25) is 0 Å². The molecule has 2 aromatic carbocycles. The average molecular weight is 379 g/mol. The van der Waals surface area contributed by atoms with Gasteiger partial charge in [0.1, 0.15) is 29.3 Å². The molecule has 0 aliphatic carbocycles. The molecule has 1 aliphatic heterocycles. The molecule has 0 saturated carbocycles. The number of fused-ring (bicyclic) bond motifs is 1. The zero-order chi connectivity index (χ0) is 20.5. The Hall–Kier alpha value is -3.62. The molecule has 3 rings (SSSR count). The topological polar surface area (TPSA) is 119 Å². The summed E-state index contributed by atoms with van der Waals surface area (Å²) in [5.74, 6) is -0.160. The molecule has 28 heavy (non-hydrogen) atoms. The number of nitrogens with two attached hydrogens (primary N) is 1. The summed E-state index contributed by atoms with van der Waals surface area (Å²) in [7, 11) is 0. The van der Waals surface area contributed by atoms with Crippen LogP contribution in [0, 0.1) is 28.6 Å². The van der Waals surface area contributed by atoms with Gasteiger partial charge in [-0.3, -0.25) is 0 Å². The van der Waals surface area contributed by atoms with Gasteiger partial charge in [-0.15, -0.1) is 0 Å². The van der Waals surface area contributed by atoms with Gasteiger partial charge >= 0.3 is 0 Å². The molecule has 1 heterocycles. The molecule has 0 saturated heterocycles. The fourth-order valence-electron chi connectivity index (χ4n) is 3.07. The number of ether oxygens (including phenoxy) is 1. The number of aliphatic hydroxyl groups is 1. The summed E-state index contributed by atoms with van der Waals surface area (Å²) in [6.45, 7) is 3.38. The lowest BCUT2D eigenvalue weighted by Gasteiger charge is -2.44. The number of aliphatic imine (C=N–C) groups is 1. The van der Waals surface area contributed by atoms with Crippen molar-refractivity contribution in [3.63, 3.8) is 0 Å². The van der Waals surface area contributed by atoms with Crippen molar-refractivity contribution < 1.29 is 14.2 Å². The highest BCUT2D eigenvalue weighted by molar-refractivity contribution is 5.83. The lowest BCUT2D eigenvalue weighted by atomic mass is 9.85. The average Bonchev–Trinajstić information content (AvgIpc) is 2.66. The summed E-state index contributed by atoms with van der Waals surface area (Å²) in [6.07, 6.45) is 0.812. The second-order valence-electron chi connectivity index (χ2n) is 6.88. The van der Waals surface area contributed by atoms with Gasteiger partial charge in [0.25, 0.3) is 0 Å². The molecule has 0 amide bonds. The van der Waals surface area contributed by atoms with E-state index in [4.69, 9.17) is 10.5 Å². The number of guanidine groups is 1. The van der Waals surface area contributed by atoms with E-state index in [-0.39, 0.29) is 5.96 Å². The van der Waals surface area contributed by atoms with Crippen molar-refractivity contribution in [3.8, 4) is 18.0 Å². The first-order valence-corrected chi connectivity index (χ1v) is 8.46. The molecule has 1 aliphatic rings. The monoisotopic (exact) mass is 379 g/mol.